The molecule has 4 heteroatoms. The van der Waals surface area contributed by atoms with E-state index in [4.69, 9.17) is 9.84 Å². The molecular formula is C13H10F2O2. The molecule has 0 heterocycles. The number of hydrogen-bond donors (Lipinski definition) is 1. The van der Waals surface area contributed by atoms with E-state index in [-0.39, 0.29) is 5.75 Å². The van der Waals surface area contributed by atoms with Gasteiger partial charge >= 0.3 is 0 Å². The molecule has 0 aromatic heterocycles. The number of hydrogen-bond acceptors (Lipinski definition) is 2. The first kappa shape index (κ1) is 11.4. The first-order valence-electron chi connectivity index (χ1n) is 4.94. The van der Waals surface area contributed by atoms with Crippen LogP contribution in [0.15, 0.2) is 36.4 Å². The van der Waals surface area contributed by atoms with Crippen LogP contribution >= 0.6 is 0 Å². The normalized spacial score (nSPS) is 10.3. The van der Waals surface area contributed by atoms with Gasteiger partial charge in [0.1, 0.15) is 0 Å². The Labute approximate surface area is 97.1 Å². The second-order valence-corrected chi connectivity index (χ2v) is 3.52. The van der Waals surface area contributed by atoms with Crippen LogP contribution in [-0.2, 0) is 0 Å². The lowest BCUT2D eigenvalue weighted by atomic mass is 10.0. The fourth-order valence-corrected chi connectivity index (χ4v) is 1.53. The van der Waals surface area contributed by atoms with E-state index in [9.17, 15) is 8.78 Å². The molecule has 0 radical (unpaired) electrons. The third-order valence-corrected chi connectivity index (χ3v) is 2.43. The average molecular weight is 236 g/mol. The fraction of sp³-hybridized carbons (Fsp3) is 0.0769. The standard InChI is InChI=1S/C13H10F2O2/c1-17-13-7-9(2-4-10(13)14)8-3-5-12(16)11(15)6-8/h2-7,16H,1H3. The van der Waals surface area contributed by atoms with Gasteiger partial charge in [0.25, 0.3) is 0 Å². The third kappa shape index (κ3) is 2.20. The Bertz CT molecular complexity index is 553. The number of aromatic hydroxyl groups is 1. The van der Waals surface area contributed by atoms with E-state index in [1.165, 1.54) is 37.4 Å². The van der Waals surface area contributed by atoms with Gasteiger partial charge in [-0.2, -0.15) is 0 Å². The van der Waals surface area contributed by atoms with Crippen molar-refractivity contribution < 1.29 is 18.6 Å². The van der Waals surface area contributed by atoms with Gasteiger partial charge in [0.2, 0.25) is 0 Å². The van der Waals surface area contributed by atoms with E-state index in [0.717, 1.165) is 0 Å². The Hall–Kier alpha value is -2.10. The van der Waals surface area contributed by atoms with Crippen LogP contribution in [0.25, 0.3) is 11.1 Å². The van der Waals surface area contributed by atoms with E-state index < -0.39 is 17.4 Å². The maximum Gasteiger partial charge on any atom is 0.165 e. The summed E-state index contributed by atoms with van der Waals surface area (Å²) in [5, 5.41) is 9.08. The van der Waals surface area contributed by atoms with E-state index in [1.807, 2.05) is 0 Å². The summed E-state index contributed by atoms with van der Waals surface area (Å²) in [7, 11) is 1.36. The molecule has 0 bridgehead atoms. The van der Waals surface area contributed by atoms with Gasteiger partial charge in [-0.05, 0) is 35.4 Å². The highest BCUT2D eigenvalue weighted by atomic mass is 19.1. The molecule has 1 N–H and O–H groups in total. The highest BCUT2D eigenvalue weighted by molar-refractivity contribution is 5.66. The predicted molar refractivity (Wildman–Crippen MR) is 60.0 cm³/mol. The largest absolute Gasteiger partial charge is 0.505 e. The molecule has 2 aromatic carbocycles. The Balaban J connectivity index is 2.49. The zero-order valence-electron chi connectivity index (χ0n) is 9.08. The maximum absolute atomic E-state index is 13.2. The molecule has 88 valence electrons. The van der Waals surface area contributed by atoms with Gasteiger partial charge in [0.15, 0.2) is 23.1 Å². The molecule has 0 fully saturated rings. The summed E-state index contributed by atoms with van der Waals surface area (Å²) < 4.78 is 31.2. The highest BCUT2D eigenvalue weighted by Gasteiger charge is 2.07. The minimum Gasteiger partial charge on any atom is -0.505 e. The zero-order chi connectivity index (χ0) is 12.4. The van der Waals surface area contributed by atoms with Crippen LogP contribution in [-0.4, -0.2) is 12.2 Å². The SMILES string of the molecule is COc1cc(-c2ccc(O)c(F)c2)ccc1F. The molecule has 0 aliphatic rings. The number of rotatable bonds is 2. The van der Waals surface area contributed by atoms with Crippen molar-refractivity contribution in [3.8, 4) is 22.6 Å². The van der Waals surface area contributed by atoms with Gasteiger partial charge in [-0.1, -0.05) is 12.1 Å². The van der Waals surface area contributed by atoms with Gasteiger partial charge < -0.3 is 9.84 Å². The maximum atomic E-state index is 13.2. The molecule has 0 atom stereocenters. The van der Waals surface area contributed by atoms with E-state index in [1.54, 1.807) is 6.07 Å². The highest BCUT2D eigenvalue weighted by Crippen LogP contribution is 2.28. The summed E-state index contributed by atoms with van der Waals surface area (Å²) in [5.74, 6) is -1.51. The van der Waals surface area contributed by atoms with Gasteiger partial charge in [-0.3, -0.25) is 0 Å². The molecule has 17 heavy (non-hydrogen) atoms. The summed E-state index contributed by atoms with van der Waals surface area (Å²) in [6.45, 7) is 0. The first-order valence-corrected chi connectivity index (χ1v) is 4.94. The van der Waals surface area contributed by atoms with Crippen LogP contribution in [0, 0.1) is 11.6 Å². The molecule has 0 saturated heterocycles. The second kappa shape index (κ2) is 4.41. The zero-order valence-corrected chi connectivity index (χ0v) is 9.08. The average Bonchev–Trinajstić information content (AvgIpc) is 2.33. The molecule has 0 aliphatic heterocycles. The Morgan fingerprint density at radius 2 is 1.59 bits per heavy atom. The van der Waals surface area contributed by atoms with E-state index in [2.05, 4.69) is 0 Å². The molecule has 2 aromatic rings. The molecule has 0 spiro atoms. The number of methoxy groups -OCH3 is 1. The summed E-state index contributed by atoms with van der Waals surface area (Å²) >= 11 is 0. The van der Waals surface area contributed by atoms with E-state index in [0.29, 0.717) is 11.1 Å². The Kier molecular flexibility index (Phi) is 2.95. The number of ether oxygens (including phenoxy) is 1. The van der Waals surface area contributed by atoms with Crippen LogP contribution in [0.1, 0.15) is 0 Å². The molecule has 2 rings (SSSR count). The third-order valence-electron chi connectivity index (χ3n) is 2.43. The molecule has 0 saturated carbocycles. The Morgan fingerprint density at radius 3 is 2.24 bits per heavy atom. The van der Waals surface area contributed by atoms with Gasteiger partial charge in [-0.25, -0.2) is 8.78 Å². The van der Waals surface area contributed by atoms with Crippen molar-refractivity contribution in [3.63, 3.8) is 0 Å². The quantitative estimate of drug-likeness (QED) is 0.866. The van der Waals surface area contributed by atoms with Crippen LogP contribution in [0.3, 0.4) is 0 Å². The lowest BCUT2D eigenvalue weighted by molar-refractivity contribution is 0.387. The van der Waals surface area contributed by atoms with Crippen molar-refractivity contribution in [2.45, 2.75) is 0 Å². The van der Waals surface area contributed by atoms with Crippen molar-refractivity contribution in [1.29, 1.82) is 0 Å². The molecular weight excluding hydrogens is 226 g/mol. The Morgan fingerprint density at radius 1 is 0.941 bits per heavy atom. The molecule has 0 aliphatic carbocycles. The number of phenols is 1. The minimum atomic E-state index is -0.717. The number of halogens is 2. The number of benzene rings is 2. The monoisotopic (exact) mass is 236 g/mol. The summed E-state index contributed by atoms with van der Waals surface area (Å²) in [6, 6.07) is 8.22. The summed E-state index contributed by atoms with van der Waals surface area (Å²) in [5.41, 5.74) is 1.15. The predicted octanol–water partition coefficient (Wildman–Crippen LogP) is 3.35. The summed E-state index contributed by atoms with van der Waals surface area (Å²) in [4.78, 5) is 0. The van der Waals surface area contributed by atoms with Crippen molar-refractivity contribution in [2.75, 3.05) is 7.11 Å². The van der Waals surface area contributed by atoms with Crippen LogP contribution in [0.2, 0.25) is 0 Å². The topological polar surface area (TPSA) is 29.5 Å². The lowest BCUT2D eigenvalue weighted by Gasteiger charge is -2.06. The smallest absolute Gasteiger partial charge is 0.165 e. The van der Waals surface area contributed by atoms with Crippen LogP contribution in [0.4, 0.5) is 8.78 Å². The summed E-state index contributed by atoms with van der Waals surface area (Å²) in [6.07, 6.45) is 0. The first-order chi connectivity index (χ1) is 8.11. The van der Waals surface area contributed by atoms with Crippen molar-refractivity contribution in [2.24, 2.45) is 0 Å². The fourth-order valence-electron chi connectivity index (χ4n) is 1.53. The van der Waals surface area contributed by atoms with Gasteiger partial charge in [-0.15, -0.1) is 0 Å². The van der Waals surface area contributed by atoms with Crippen LogP contribution in [0.5, 0.6) is 11.5 Å². The van der Waals surface area contributed by atoms with Crippen molar-refractivity contribution in [1.82, 2.24) is 0 Å². The van der Waals surface area contributed by atoms with Crippen molar-refractivity contribution >= 4 is 0 Å². The molecule has 0 unspecified atom stereocenters. The molecule has 2 nitrogen and oxygen atoms in total. The minimum absolute atomic E-state index is 0.0935. The molecule has 0 amide bonds. The van der Waals surface area contributed by atoms with Crippen molar-refractivity contribution in [3.05, 3.63) is 48.0 Å². The number of phenolic OH excluding ortho intramolecular Hbond substituents is 1. The van der Waals surface area contributed by atoms with E-state index >= 15 is 0 Å². The lowest BCUT2D eigenvalue weighted by Crippen LogP contribution is -1.89. The van der Waals surface area contributed by atoms with Gasteiger partial charge in [0.05, 0.1) is 7.11 Å². The second-order valence-electron chi connectivity index (χ2n) is 3.52. The van der Waals surface area contributed by atoms with Crippen LogP contribution < -0.4 is 4.74 Å². The van der Waals surface area contributed by atoms with Gasteiger partial charge in [0, 0.05) is 0 Å².